The summed E-state index contributed by atoms with van der Waals surface area (Å²) in [7, 11) is -14.6. The Kier molecular flexibility index (Phi) is 10.5. The Bertz CT molecular complexity index is 1020. The van der Waals surface area contributed by atoms with Gasteiger partial charge in [-0.2, -0.15) is 0 Å². The van der Waals surface area contributed by atoms with Crippen LogP contribution in [0.15, 0.2) is 89.5 Å². The molecule has 0 aromatic heterocycles. The van der Waals surface area contributed by atoms with E-state index in [1.807, 2.05) is 0 Å². The largest absolute Gasteiger partial charge is 0.465 e. The summed E-state index contributed by atoms with van der Waals surface area (Å²) in [6.07, 6.45) is 3.57. The second-order valence-corrected chi connectivity index (χ2v) is 11.6. The van der Waals surface area contributed by atoms with Crippen LogP contribution < -0.4 is 0 Å². The molecule has 1 heterocycles. The van der Waals surface area contributed by atoms with E-state index in [2.05, 4.69) is 53.0 Å². The molecular weight excluding hydrogens is 543 g/mol. The van der Waals surface area contributed by atoms with Gasteiger partial charge in [0.05, 0.1) is 0 Å². The molecule has 15 nitrogen and oxygen atoms in total. The van der Waals surface area contributed by atoms with E-state index >= 15 is 0 Å². The molecule has 0 unspecified atom stereocenters. The van der Waals surface area contributed by atoms with E-state index in [9.17, 15) is 28.8 Å². The molecule has 18 heteroatoms. The molecule has 0 saturated heterocycles. The second-order valence-electron chi connectivity index (χ2n) is 5.43. The first kappa shape index (κ1) is 30.0. The molecule has 1 aliphatic heterocycles. The molecule has 0 radical (unpaired) electrons. The Hall–Kier alpha value is -4.05. The first-order valence-electron chi connectivity index (χ1n) is 8.93. The third kappa shape index (κ3) is 8.02. The van der Waals surface area contributed by atoms with Crippen LogP contribution in [0.3, 0.4) is 0 Å². The second kappa shape index (κ2) is 12.6. The Balaban J connectivity index is 4.37. The number of carbonyl (C=O) groups excluding carboxylic acids is 6. The number of nitrogens with zero attached hydrogens (tertiary/aromatic N) is 3. The normalized spacial score (nSPS) is 15.7. The van der Waals surface area contributed by atoms with Crippen molar-refractivity contribution < 1.29 is 55.9 Å². The molecule has 0 spiro atoms. The van der Waals surface area contributed by atoms with Crippen LogP contribution in [-0.4, -0.2) is 35.8 Å². The van der Waals surface area contributed by atoms with Crippen LogP contribution in [0.4, 0.5) is 0 Å². The highest BCUT2D eigenvalue weighted by Crippen LogP contribution is 2.80. The summed E-state index contributed by atoms with van der Waals surface area (Å²) in [4.78, 5) is 72.8. The first-order chi connectivity index (χ1) is 16.8. The fourth-order valence-electron chi connectivity index (χ4n) is 1.68. The zero-order valence-corrected chi connectivity index (χ0v) is 21.0. The van der Waals surface area contributed by atoms with Gasteiger partial charge in [0.25, 0.3) is 0 Å². The molecule has 192 valence electrons. The minimum Gasteiger partial charge on any atom is -0.377 e. The lowest BCUT2D eigenvalue weighted by Crippen LogP contribution is -2.12. The Labute approximate surface area is 204 Å². The van der Waals surface area contributed by atoms with Gasteiger partial charge in [0, 0.05) is 36.5 Å². The molecule has 0 N–H and O–H groups in total. The van der Waals surface area contributed by atoms with Crippen molar-refractivity contribution >= 4 is 58.8 Å². The SMILES string of the molecule is C=CC(=O)OP1(OC(=O)C=C)=NP(OC(=O)C=C)(OC(=O)C=C)=NP(OC(=O)C=C)(OC(=O)C=C)=N1. The van der Waals surface area contributed by atoms with Crippen LogP contribution in [0.5, 0.6) is 0 Å². The first-order valence-corrected chi connectivity index (χ1v) is 13.5. The molecule has 0 saturated carbocycles. The van der Waals surface area contributed by atoms with Gasteiger partial charge in [-0.25, -0.2) is 28.8 Å². The topological polar surface area (TPSA) is 195 Å². The van der Waals surface area contributed by atoms with Crippen LogP contribution >= 0.6 is 23.0 Å². The van der Waals surface area contributed by atoms with E-state index in [1.165, 1.54) is 0 Å². The summed E-state index contributed by atoms with van der Waals surface area (Å²) in [6, 6.07) is 0. The van der Waals surface area contributed by atoms with Crippen molar-refractivity contribution in [3.8, 4) is 0 Å². The molecular formula is C18H18N3O12P3. The zero-order valence-electron chi connectivity index (χ0n) is 18.3. The summed E-state index contributed by atoms with van der Waals surface area (Å²) in [6.45, 7) is 19.1. The summed E-state index contributed by atoms with van der Waals surface area (Å²) < 4.78 is 41.5. The lowest BCUT2D eigenvalue weighted by Gasteiger charge is -2.29. The van der Waals surface area contributed by atoms with Gasteiger partial charge in [0.15, 0.2) is 0 Å². The maximum absolute atomic E-state index is 12.1. The Morgan fingerprint density at radius 1 is 0.389 bits per heavy atom. The molecule has 1 aliphatic rings. The number of hydrogen-bond acceptors (Lipinski definition) is 15. The van der Waals surface area contributed by atoms with Gasteiger partial charge in [0.2, 0.25) is 0 Å². The minimum atomic E-state index is -4.88. The van der Waals surface area contributed by atoms with E-state index in [0.29, 0.717) is 36.5 Å². The van der Waals surface area contributed by atoms with Gasteiger partial charge >= 0.3 is 58.8 Å². The van der Waals surface area contributed by atoms with Crippen LogP contribution in [0, 0.1) is 0 Å². The smallest absolute Gasteiger partial charge is 0.377 e. The van der Waals surface area contributed by atoms with Gasteiger partial charge in [-0.3, -0.25) is 0 Å². The quantitative estimate of drug-likeness (QED) is 0.244. The average molecular weight is 561 g/mol. The van der Waals surface area contributed by atoms with Gasteiger partial charge < -0.3 is 27.1 Å². The van der Waals surface area contributed by atoms with Crippen LogP contribution in [-0.2, 0) is 55.9 Å². The van der Waals surface area contributed by atoms with Gasteiger partial charge in [-0.05, 0) is 0 Å². The maximum atomic E-state index is 12.1. The van der Waals surface area contributed by atoms with Gasteiger partial charge in [-0.15, -0.1) is 0 Å². The maximum Gasteiger partial charge on any atom is 0.465 e. The van der Waals surface area contributed by atoms with E-state index < -0.39 is 58.8 Å². The van der Waals surface area contributed by atoms with Crippen LogP contribution in [0.25, 0.3) is 0 Å². The molecule has 0 fully saturated rings. The fraction of sp³-hybridized carbons (Fsp3) is 0. The van der Waals surface area contributed by atoms with Crippen molar-refractivity contribution in [2.45, 2.75) is 0 Å². The van der Waals surface area contributed by atoms with Crippen LogP contribution in [0.2, 0.25) is 0 Å². The Morgan fingerprint density at radius 2 is 0.528 bits per heavy atom. The fourth-order valence-corrected chi connectivity index (χ4v) is 10.2. The van der Waals surface area contributed by atoms with Crippen molar-refractivity contribution in [2.24, 2.45) is 13.5 Å². The average Bonchev–Trinajstić information content (AvgIpc) is 2.82. The summed E-state index contributed by atoms with van der Waals surface area (Å²) in [5.74, 6) is -7.91. The third-order valence-corrected chi connectivity index (χ3v) is 10.9. The highest BCUT2D eigenvalue weighted by molar-refractivity contribution is 7.79. The molecule has 1 rings (SSSR count). The van der Waals surface area contributed by atoms with E-state index in [-0.39, 0.29) is 0 Å². The number of carbonyl (C=O) groups is 6. The summed E-state index contributed by atoms with van der Waals surface area (Å²) in [5, 5.41) is 0. The molecule has 0 atom stereocenters. The van der Waals surface area contributed by atoms with Crippen molar-refractivity contribution in [2.75, 3.05) is 0 Å². The van der Waals surface area contributed by atoms with Gasteiger partial charge in [0.1, 0.15) is 0 Å². The molecule has 36 heavy (non-hydrogen) atoms. The summed E-state index contributed by atoms with van der Waals surface area (Å²) >= 11 is 0. The van der Waals surface area contributed by atoms with E-state index in [4.69, 9.17) is 27.1 Å². The monoisotopic (exact) mass is 561 g/mol. The van der Waals surface area contributed by atoms with Crippen molar-refractivity contribution in [1.29, 1.82) is 0 Å². The van der Waals surface area contributed by atoms with Crippen molar-refractivity contribution in [1.82, 2.24) is 0 Å². The number of rotatable bonds is 12. The molecule has 0 amide bonds. The Morgan fingerprint density at radius 3 is 0.639 bits per heavy atom. The lowest BCUT2D eigenvalue weighted by atomic mass is 10.7. The molecule has 0 bridgehead atoms. The van der Waals surface area contributed by atoms with Crippen molar-refractivity contribution in [3.63, 3.8) is 0 Å². The van der Waals surface area contributed by atoms with E-state index in [0.717, 1.165) is 0 Å². The standard InChI is InChI=1S/C18H18N3O12P3/c1-7-13(22)28-34(29-14(23)8-2)19-35(30-15(24)9-3,31-16(25)10-4)21-36(20-34,32-17(26)11-5)33-18(27)12-6/h7-12H,1-6H2. The zero-order chi connectivity index (χ0) is 27.6. The molecule has 0 aromatic rings. The minimum absolute atomic E-state index is 0.595. The van der Waals surface area contributed by atoms with E-state index in [1.54, 1.807) is 0 Å². The molecule has 0 aliphatic carbocycles. The highest BCUT2D eigenvalue weighted by atomic mass is 31.3. The predicted octanol–water partition coefficient (Wildman–Crippen LogP) is 4.21. The summed E-state index contributed by atoms with van der Waals surface area (Å²) in [5.41, 5.74) is 0. The third-order valence-electron chi connectivity index (χ3n) is 2.93. The predicted molar refractivity (Wildman–Crippen MR) is 126 cm³/mol. The number of hydrogen-bond donors (Lipinski definition) is 0. The van der Waals surface area contributed by atoms with Crippen molar-refractivity contribution in [3.05, 3.63) is 75.9 Å². The lowest BCUT2D eigenvalue weighted by molar-refractivity contribution is -0.133. The van der Waals surface area contributed by atoms with Crippen LogP contribution in [0.1, 0.15) is 0 Å². The van der Waals surface area contributed by atoms with Gasteiger partial charge in [-0.1, -0.05) is 53.0 Å². The highest BCUT2D eigenvalue weighted by Gasteiger charge is 2.51. The molecule has 0 aromatic carbocycles.